The van der Waals surface area contributed by atoms with Gasteiger partial charge in [0.25, 0.3) is 11.8 Å². The number of carbonyl (C=O) groups is 3. The summed E-state index contributed by atoms with van der Waals surface area (Å²) in [5.74, 6) is 0.430. The summed E-state index contributed by atoms with van der Waals surface area (Å²) >= 11 is 0. The maximum atomic E-state index is 13.1. The van der Waals surface area contributed by atoms with Crippen LogP contribution in [0.1, 0.15) is 59.7 Å². The number of pyridine rings is 1. The standard InChI is InChI=1S/C24H26N6O3/c1-15-6-2-3-11-26-22(32)16-7-4-8-17(14-16)23(33)28-24-27-18-10-12-25-21(20(18)30(15)24)29-13-5-9-19(29)31/h4,7-8,10,12,14-15H,2-3,5-6,9,11,13H2,1H3,(H,26,32)(H,27,28,33)/t15-/m0/s1. The van der Waals surface area contributed by atoms with Crippen LogP contribution in [-0.2, 0) is 4.79 Å². The predicted octanol–water partition coefficient (Wildman–Crippen LogP) is 2.94. The second-order valence-electron chi connectivity index (χ2n) is 8.60. The number of aromatic nitrogens is 1. The van der Waals surface area contributed by atoms with E-state index < -0.39 is 5.91 Å². The molecule has 0 unspecified atom stereocenters. The molecule has 4 heterocycles. The number of nitrogens with zero attached hydrogens (tertiary/aromatic N) is 4. The lowest BCUT2D eigenvalue weighted by atomic mass is 10.1. The van der Waals surface area contributed by atoms with E-state index in [0.29, 0.717) is 42.4 Å². The van der Waals surface area contributed by atoms with Gasteiger partial charge >= 0.3 is 0 Å². The van der Waals surface area contributed by atoms with Crippen LogP contribution in [0.2, 0.25) is 0 Å². The van der Waals surface area contributed by atoms with E-state index in [1.807, 2.05) is 11.0 Å². The van der Waals surface area contributed by atoms with Gasteiger partial charge in [-0.1, -0.05) is 6.07 Å². The zero-order chi connectivity index (χ0) is 22.9. The number of anilines is 3. The van der Waals surface area contributed by atoms with Crippen molar-refractivity contribution in [2.75, 3.05) is 28.2 Å². The summed E-state index contributed by atoms with van der Waals surface area (Å²) in [6.07, 6.45) is 5.51. The second-order valence-corrected chi connectivity index (χ2v) is 8.60. The molecule has 0 aliphatic carbocycles. The Balaban J connectivity index is 1.59. The van der Waals surface area contributed by atoms with E-state index >= 15 is 0 Å². The fourth-order valence-corrected chi connectivity index (χ4v) is 4.60. The summed E-state index contributed by atoms with van der Waals surface area (Å²) in [7, 11) is 0. The smallest absolute Gasteiger partial charge is 0.280 e. The van der Waals surface area contributed by atoms with Crippen LogP contribution in [-0.4, -0.2) is 47.8 Å². The van der Waals surface area contributed by atoms with Gasteiger partial charge in [-0.25, -0.2) is 4.98 Å². The fraction of sp³-hybridized carbons (Fsp3) is 0.375. The molecule has 170 valence electrons. The van der Waals surface area contributed by atoms with Gasteiger partial charge in [-0.15, -0.1) is 0 Å². The molecule has 1 atom stereocenters. The van der Waals surface area contributed by atoms with E-state index in [-0.39, 0.29) is 17.9 Å². The SMILES string of the molecule is C[C@H]1CCCCNC(=O)c2cccc(c2)C(=O)/N=C2\Nc3ccnc(N4CCCC4=O)c3N21. The second kappa shape index (κ2) is 8.65. The molecular formula is C24H26N6O3. The summed E-state index contributed by atoms with van der Waals surface area (Å²) in [5.41, 5.74) is 2.32. The van der Waals surface area contributed by atoms with Crippen LogP contribution in [0.3, 0.4) is 0 Å². The van der Waals surface area contributed by atoms with Crippen LogP contribution in [0.4, 0.5) is 17.2 Å². The zero-order valence-corrected chi connectivity index (χ0v) is 18.5. The van der Waals surface area contributed by atoms with Gasteiger partial charge in [-0.05, 0) is 56.9 Å². The zero-order valence-electron chi connectivity index (χ0n) is 18.5. The number of carbonyl (C=O) groups excluding carboxylic acids is 3. The quantitative estimate of drug-likeness (QED) is 0.698. The van der Waals surface area contributed by atoms with Crippen LogP contribution in [0.15, 0.2) is 41.5 Å². The third-order valence-electron chi connectivity index (χ3n) is 6.30. The van der Waals surface area contributed by atoms with Gasteiger partial charge in [-0.2, -0.15) is 4.99 Å². The Morgan fingerprint density at radius 3 is 2.73 bits per heavy atom. The van der Waals surface area contributed by atoms with Crippen LogP contribution in [0, 0.1) is 0 Å². The van der Waals surface area contributed by atoms with Crippen molar-refractivity contribution in [2.24, 2.45) is 4.99 Å². The van der Waals surface area contributed by atoms with Crippen LogP contribution < -0.4 is 20.4 Å². The number of hydrogen-bond acceptors (Lipinski definition) is 6. The maximum Gasteiger partial charge on any atom is 0.280 e. The third kappa shape index (κ3) is 3.94. The minimum Gasteiger partial charge on any atom is -0.352 e. The molecule has 3 amide bonds. The number of benzene rings is 1. The van der Waals surface area contributed by atoms with Crippen LogP contribution in [0.5, 0.6) is 0 Å². The first-order valence-corrected chi connectivity index (χ1v) is 11.4. The average molecular weight is 447 g/mol. The monoisotopic (exact) mass is 446 g/mol. The molecule has 2 bridgehead atoms. The Hall–Kier alpha value is -3.75. The van der Waals surface area contributed by atoms with Crippen molar-refractivity contribution in [2.45, 2.75) is 45.1 Å². The molecule has 3 aliphatic rings. The molecule has 0 radical (unpaired) electrons. The molecule has 1 fully saturated rings. The minimum absolute atomic E-state index is 0.00377. The predicted molar refractivity (Wildman–Crippen MR) is 126 cm³/mol. The molecule has 0 saturated carbocycles. The molecule has 1 aromatic carbocycles. The first kappa shape index (κ1) is 21.1. The Morgan fingerprint density at radius 1 is 1.06 bits per heavy atom. The summed E-state index contributed by atoms with van der Waals surface area (Å²) in [4.78, 5) is 50.7. The number of amides is 3. The normalized spacial score (nSPS) is 22.6. The molecule has 2 aromatic rings. The van der Waals surface area contributed by atoms with E-state index in [1.54, 1.807) is 35.4 Å². The summed E-state index contributed by atoms with van der Waals surface area (Å²) in [6.45, 7) is 3.27. The third-order valence-corrected chi connectivity index (χ3v) is 6.30. The van der Waals surface area contributed by atoms with Gasteiger partial charge < -0.3 is 15.5 Å². The molecule has 1 saturated heterocycles. The van der Waals surface area contributed by atoms with Gasteiger partial charge in [0.1, 0.15) is 5.69 Å². The summed E-state index contributed by atoms with van der Waals surface area (Å²) in [5, 5.41) is 6.19. The highest BCUT2D eigenvalue weighted by Crippen LogP contribution is 2.42. The van der Waals surface area contributed by atoms with Crippen molar-refractivity contribution >= 4 is 40.9 Å². The number of guanidine groups is 1. The molecule has 2 N–H and O–H groups in total. The molecule has 0 spiro atoms. The van der Waals surface area contributed by atoms with E-state index in [4.69, 9.17) is 0 Å². The number of hydrogen-bond donors (Lipinski definition) is 2. The van der Waals surface area contributed by atoms with Gasteiger partial charge in [0.05, 0.1) is 5.69 Å². The Labute approximate surface area is 191 Å². The number of rotatable bonds is 1. The van der Waals surface area contributed by atoms with Crippen molar-refractivity contribution in [1.82, 2.24) is 10.3 Å². The van der Waals surface area contributed by atoms with Gasteiger partial charge in [-0.3, -0.25) is 19.3 Å². The van der Waals surface area contributed by atoms with Crippen molar-refractivity contribution in [3.63, 3.8) is 0 Å². The molecule has 1 aromatic heterocycles. The van der Waals surface area contributed by atoms with Crippen molar-refractivity contribution < 1.29 is 14.4 Å². The van der Waals surface area contributed by atoms with Crippen LogP contribution in [0.25, 0.3) is 0 Å². The van der Waals surface area contributed by atoms with E-state index in [0.717, 1.165) is 37.1 Å². The van der Waals surface area contributed by atoms with Gasteiger partial charge in [0.15, 0.2) is 5.82 Å². The lowest BCUT2D eigenvalue weighted by Crippen LogP contribution is -2.40. The van der Waals surface area contributed by atoms with E-state index in [1.165, 1.54) is 0 Å². The van der Waals surface area contributed by atoms with E-state index in [2.05, 4.69) is 27.5 Å². The lowest BCUT2D eigenvalue weighted by molar-refractivity contribution is -0.117. The highest BCUT2D eigenvalue weighted by molar-refractivity contribution is 6.21. The number of fused-ring (bicyclic) bond motifs is 5. The summed E-state index contributed by atoms with van der Waals surface area (Å²) < 4.78 is 0. The highest BCUT2D eigenvalue weighted by atomic mass is 16.2. The Bertz CT molecular complexity index is 1160. The minimum atomic E-state index is -0.444. The van der Waals surface area contributed by atoms with Crippen molar-refractivity contribution in [3.8, 4) is 0 Å². The van der Waals surface area contributed by atoms with Crippen molar-refractivity contribution in [1.29, 1.82) is 0 Å². The van der Waals surface area contributed by atoms with Crippen molar-refractivity contribution in [3.05, 3.63) is 47.7 Å². The number of aliphatic imine (C=N–C) groups is 1. The molecule has 9 heteroatoms. The maximum absolute atomic E-state index is 13.1. The van der Waals surface area contributed by atoms with Gasteiger partial charge in [0.2, 0.25) is 11.9 Å². The topological polar surface area (TPSA) is 107 Å². The van der Waals surface area contributed by atoms with Crippen LogP contribution >= 0.6 is 0 Å². The lowest BCUT2D eigenvalue weighted by Gasteiger charge is -2.29. The Kier molecular flexibility index (Phi) is 5.53. The average Bonchev–Trinajstić information content (AvgIpc) is 3.41. The highest BCUT2D eigenvalue weighted by Gasteiger charge is 2.36. The largest absolute Gasteiger partial charge is 0.352 e. The van der Waals surface area contributed by atoms with Gasteiger partial charge in [0, 0.05) is 42.9 Å². The fourth-order valence-electron chi connectivity index (χ4n) is 4.60. The Morgan fingerprint density at radius 2 is 1.91 bits per heavy atom. The van der Waals surface area contributed by atoms with E-state index in [9.17, 15) is 14.4 Å². The molecule has 9 nitrogen and oxygen atoms in total. The molecule has 3 aliphatic heterocycles. The first-order valence-electron chi connectivity index (χ1n) is 11.4. The summed E-state index contributed by atoms with van der Waals surface area (Å²) in [6, 6.07) is 8.43. The first-order chi connectivity index (χ1) is 16.0. The number of nitrogens with one attached hydrogen (secondary N) is 2. The molecule has 5 rings (SSSR count). The molecule has 33 heavy (non-hydrogen) atoms. The molecular weight excluding hydrogens is 420 g/mol.